The molecule has 0 aliphatic rings. The summed E-state index contributed by atoms with van der Waals surface area (Å²) >= 11 is -0.189. The van der Waals surface area contributed by atoms with Crippen LogP contribution in [0.5, 0.6) is 0 Å². The number of likely N-dealkylation sites (N-methyl/N-ethyl adjacent to an activating group) is 1. The van der Waals surface area contributed by atoms with Crippen molar-refractivity contribution < 1.29 is 27.5 Å². The minimum absolute atomic E-state index is 0.0815. The van der Waals surface area contributed by atoms with Crippen LogP contribution in [-0.4, -0.2) is 42.5 Å². The van der Waals surface area contributed by atoms with E-state index in [4.69, 9.17) is 0 Å². The first kappa shape index (κ1) is 21.1. The maximum atomic E-state index is 12.3. The monoisotopic (exact) mass is 375 g/mol. The van der Waals surface area contributed by atoms with Crippen molar-refractivity contribution in [2.75, 3.05) is 20.2 Å². The Morgan fingerprint density at radius 1 is 1.28 bits per heavy atom. The Kier molecular flexibility index (Phi) is 8.02. The molecule has 0 saturated heterocycles. The lowest BCUT2D eigenvalue weighted by Gasteiger charge is -2.22. The molecule has 0 bridgehead atoms. The van der Waals surface area contributed by atoms with Gasteiger partial charge in [-0.05, 0) is 42.5 Å². The molecule has 8 heteroatoms. The van der Waals surface area contributed by atoms with Crippen molar-refractivity contribution in [3.63, 3.8) is 0 Å². The van der Waals surface area contributed by atoms with Gasteiger partial charge in [0.1, 0.15) is 0 Å². The molecular weight excluding hydrogens is 355 g/mol. The SMILES string of the molecule is CCN(CC(C)C(=O)OC)C(=O)/C=C/c1ccc(SC(F)(F)F)cc1. The quantitative estimate of drug-likeness (QED) is 0.411. The van der Waals surface area contributed by atoms with Gasteiger partial charge in [0, 0.05) is 24.1 Å². The number of carbonyl (C=O) groups excluding carboxylic acids is 2. The van der Waals surface area contributed by atoms with Gasteiger partial charge in [-0.15, -0.1) is 0 Å². The molecule has 0 aliphatic carbocycles. The van der Waals surface area contributed by atoms with Gasteiger partial charge in [-0.1, -0.05) is 19.1 Å². The smallest absolute Gasteiger partial charge is 0.446 e. The lowest BCUT2D eigenvalue weighted by Crippen LogP contribution is -2.36. The van der Waals surface area contributed by atoms with Crippen LogP contribution in [0.4, 0.5) is 13.2 Å². The number of alkyl halides is 3. The average Bonchev–Trinajstić information content (AvgIpc) is 2.56. The van der Waals surface area contributed by atoms with Gasteiger partial charge in [-0.3, -0.25) is 9.59 Å². The van der Waals surface area contributed by atoms with Crippen LogP contribution in [0.2, 0.25) is 0 Å². The molecule has 0 aromatic heterocycles. The minimum Gasteiger partial charge on any atom is -0.469 e. The first-order valence-corrected chi connectivity index (χ1v) is 8.38. The summed E-state index contributed by atoms with van der Waals surface area (Å²) in [6, 6.07) is 5.70. The molecule has 138 valence electrons. The van der Waals surface area contributed by atoms with E-state index in [0.717, 1.165) is 0 Å². The summed E-state index contributed by atoms with van der Waals surface area (Å²) < 4.78 is 41.5. The number of esters is 1. The fourth-order valence-electron chi connectivity index (χ4n) is 2.03. The highest BCUT2D eigenvalue weighted by Gasteiger charge is 2.28. The van der Waals surface area contributed by atoms with Crippen molar-refractivity contribution in [2.24, 2.45) is 5.92 Å². The summed E-state index contributed by atoms with van der Waals surface area (Å²) in [5.41, 5.74) is -3.72. The Balaban J connectivity index is 2.69. The van der Waals surface area contributed by atoms with Crippen LogP contribution in [0.3, 0.4) is 0 Å². The molecule has 0 N–H and O–H groups in total. The third-order valence-electron chi connectivity index (χ3n) is 3.32. The van der Waals surface area contributed by atoms with Crippen LogP contribution in [0.25, 0.3) is 6.08 Å². The van der Waals surface area contributed by atoms with E-state index in [1.807, 2.05) is 0 Å². The molecule has 1 unspecified atom stereocenters. The molecule has 4 nitrogen and oxygen atoms in total. The maximum absolute atomic E-state index is 12.3. The summed E-state index contributed by atoms with van der Waals surface area (Å²) in [5, 5.41) is 0. The molecule has 1 aromatic rings. The number of nitrogens with zero attached hydrogens (tertiary/aromatic N) is 1. The van der Waals surface area contributed by atoms with Gasteiger partial charge in [-0.2, -0.15) is 13.2 Å². The van der Waals surface area contributed by atoms with E-state index >= 15 is 0 Å². The van der Waals surface area contributed by atoms with Gasteiger partial charge in [0.05, 0.1) is 13.0 Å². The number of benzene rings is 1. The summed E-state index contributed by atoms with van der Waals surface area (Å²) in [6.45, 7) is 4.11. The molecule has 1 amide bonds. The summed E-state index contributed by atoms with van der Waals surface area (Å²) in [7, 11) is 1.29. The Bertz CT molecular complexity index is 615. The van der Waals surface area contributed by atoms with E-state index in [1.54, 1.807) is 13.8 Å². The molecule has 1 atom stereocenters. The summed E-state index contributed by atoms with van der Waals surface area (Å²) in [6.07, 6.45) is 2.86. The van der Waals surface area contributed by atoms with Crippen molar-refractivity contribution in [3.05, 3.63) is 35.9 Å². The number of thioether (sulfide) groups is 1. The number of halogens is 3. The van der Waals surface area contributed by atoms with Crippen molar-refractivity contribution in [3.8, 4) is 0 Å². The van der Waals surface area contributed by atoms with Gasteiger partial charge >= 0.3 is 11.5 Å². The predicted octanol–water partition coefficient (Wildman–Crippen LogP) is 3.97. The number of carbonyl (C=O) groups is 2. The Morgan fingerprint density at radius 3 is 2.36 bits per heavy atom. The molecule has 1 rings (SSSR count). The molecule has 0 heterocycles. The molecule has 25 heavy (non-hydrogen) atoms. The van der Waals surface area contributed by atoms with Gasteiger partial charge in [0.25, 0.3) is 0 Å². The lowest BCUT2D eigenvalue weighted by atomic mass is 10.1. The Labute approximate surface area is 149 Å². The topological polar surface area (TPSA) is 46.6 Å². The van der Waals surface area contributed by atoms with Crippen LogP contribution in [0.15, 0.2) is 35.2 Å². The van der Waals surface area contributed by atoms with E-state index in [2.05, 4.69) is 4.74 Å². The minimum atomic E-state index is -4.33. The van der Waals surface area contributed by atoms with Crippen LogP contribution in [0.1, 0.15) is 19.4 Å². The Hall–Kier alpha value is -1.96. The van der Waals surface area contributed by atoms with E-state index in [-0.39, 0.29) is 29.1 Å². The first-order chi connectivity index (χ1) is 11.7. The van der Waals surface area contributed by atoms with Gasteiger partial charge in [0.15, 0.2) is 0 Å². The van der Waals surface area contributed by atoms with E-state index in [9.17, 15) is 22.8 Å². The van der Waals surface area contributed by atoms with Crippen molar-refractivity contribution in [2.45, 2.75) is 24.3 Å². The van der Waals surface area contributed by atoms with Crippen molar-refractivity contribution >= 4 is 29.7 Å². The van der Waals surface area contributed by atoms with E-state index in [0.29, 0.717) is 12.1 Å². The second-order valence-electron chi connectivity index (χ2n) is 5.25. The van der Waals surface area contributed by atoms with Crippen molar-refractivity contribution in [1.29, 1.82) is 0 Å². The number of methoxy groups -OCH3 is 1. The number of hydrogen-bond acceptors (Lipinski definition) is 4. The molecule has 0 spiro atoms. The van der Waals surface area contributed by atoms with Crippen LogP contribution >= 0.6 is 11.8 Å². The lowest BCUT2D eigenvalue weighted by molar-refractivity contribution is -0.146. The highest BCUT2D eigenvalue weighted by atomic mass is 32.2. The molecule has 0 radical (unpaired) electrons. The zero-order valence-corrected chi connectivity index (χ0v) is 15.0. The molecule has 0 saturated carbocycles. The Morgan fingerprint density at radius 2 is 1.88 bits per heavy atom. The number of ether oxygens (including phenoxy) is 1. The van der Waals surface area contributed by atoms with Gasteiger partial charge in [0.2, 0.25) is 5.91 Å². The van der Waals surface area contributed by atoms with Gasteiger partial charge in [-0.25, -0.2) is 0 Å². The third kappa shape index (κ3) is 7.64. The largest absolute Gasteiger partial charge is 0.469 e. The molecular formula is C17H20F3NO3S. The number of hydrogen-bond donors (Lipinski definition) is 0. The fraction of sp³-hybridized carbons (Fsp3) is 0.412. The fourth-order valence-corrected chi connectivity index (χ4v) is 2.57. The molecule has 0 aliphatic heterocycles. The number of rotatable bonds is 7. The van der Waals surface area contributed by atoms with Crippen LogP contribution < -0.4 is 0 Å². The zero-order chi connectivity index (χ0) is 19.0. The molecule has 0 fully saturated rings. The second-order valence-corrected chi connectivity index (χ2v) is 6.39. The standard InChI is InChI=1S/C17H20F3NO3S/c1-4-21(11-12(2)16(23)24-3)15(22)10-7-13-5-8-14(9-6-13)25-17(18,19)20/h5-10,12H,4,11H2,1-3H3/b10-7+. The van der Waals surface area contributed by atoms with E-state index in [1.165, 1.54) is 48.4 Å². The maximum Gasteiger partial charge on any atom is 0.446 e. The summed E-state index contributed by atoms with van der Waals surface area (Å²) in [5.74, 6) is -1.12. The summed E-state index contributed by atoms with van der Waals surface area (Å²) in [4.78, 5) is 25.2. The van der Waals surface area contributed by atoms with Crippen molar-refractivity contribution in [1.82, 2.24) is 4.90 Å². The third-order valence-corrected chi connectivity index (χ3v) is 4.06. The van der Waals surface area contributed by atoms with Crippen LogP contribution in [-0.2, 0) is 14.3 Å². The highest BCUT2D eigenvalue weighted by Crippen LogP contribution is 2.36. The first-order valence-electron chi connectivity index (χ1n) is 7.57. The van der Waals surface area contributed by atoms with Crippen LogP contribution in [0, 0.1) is 5.92 Å². The predicted molar refractivity (Wildman–Crippen MR) is 90.8 cm³/mol. The van der Waals surface area contributed by atoms with E-state index < -0.39 is 17.4 Å². The normalized spacial score (nSPS) is 12.9. The van der Waals surface area contributed by atoms with Gasteiger partial charge < -0.3 is 9.64 Å². The molecule has 1 aromatic carbocycles. The highest BCUT2D eigenvalue weighted by molar-refractivity contribution is 8.00. The number of amides is 1. The second kappa shape index (κ2) is 9.50. The zero-order valence-electron chi connectivity index (χ0n) is 14.2. The average molecular weight is 375 g/mol.